The lowest BCUT2D eigenvalue weighted by Gasteiger charge is -2.22. The molecule has 0 saturated carbocycles. The summed E-state index contributed by atoms with van der Waals surface area (Å²) in [7, 11) is 0. The zero-order valence-corrected chi connectivity index (χ0v) is 12.2. The lowest BCUT2D eigenvalue weighted by molar-refractivity contribution is 0.253. The SMILES string of the molecule is CC(C)c1ncc(CN2CC[C@H]3CC[C@@H](C2)N3)s1. The summed E-state index contributed by atoms with van der Waals surface area (Å²) in [5.41, 5.74) is 0. The molecule has 0 radical (unpaired) electrons. The van der Waals surface area contributed by atoms with E-state index in [-0.39, 0.29) is 0 Å². The van der Waals surface area contributed by atoms with Gasteiger partial charge in [0.1, 0.15) is 0 Å². The van der Waals surface area contributed by atoms with E-state index in [1.54, 1.807) is 0 Å². The fourth-order valence-electron chi connectivity index (χ4n) is 3.04. The van der Waals surface area contributed by atoms with Gasteiger partial charge in [-0.2, -0.15) is 0 Å². The van der Waals surface area contributed by atoms with Crippen LogP contribution in [0, 0.1) is 0 Å². The quantitative estimate of drug-likeness (QED) is 0.910. The first-order valence-corrected chi connectivity index (χ1v) is 7.95. The second-order valence-electron chi connectivity index (χ2n) is 5.98. The second kappa shape index (κ2) is 5.27. The molecular formula is C14H23N3S. The summed E-state index contributed by atoms with van der Waals surface area (Å²) in [5, 5.41) is 5.02. The second-order valence-corrected chi connectivity index (χ2v) is 7.13. The summed E-state index contributed by atoms with van der Waals surface area (Å²) in [6.07, 6.45) is 6.14. The maximum Gasteiger partial charge on any atom is 0.0953 e. The Labute approximate surface area is 114 Å². The van der Waals surface area contributed by atoms with Crippen LogP contribution in [0.1, 0.15) is 48.9 Å². The van der Waals surface area contributed by atoms with Gasteiger partial charge in [0, 0.05) is 48.7 Å². The summed E-state index contributed by atoms with van der Waals surface area (Å²) >= 11 is 1.89. The number of hydrogen-bond acceptors (Lipinski definition) is 4. The van der Waals surface area contributed by atoms with E-state index in [0.717, 1.165) is 18.6 Å². The standard InChI is InChI=1S/C14H23N3S/c1-10(2)14-15-7-13(18-14)9-17-6-5-11-3-4-12(8-17)16-11/h7,10-12,16H,3-6,8-9H2,1-2H3/t11-,12+/m1/s1. The van der Waals surface area contributed by atoms with E-state index in [0.29, 0.717) is 5.92 Å². The predicted octanol–water partition coefficient (Wildman–Crippen LogP) is 2.59. The lowest BCUT2D eigenvalue weighted by Crippen LogP contribution is -2.34. The van der Waals surface area contributed by atoms with Crippen molar-refractivity contribution in [3.8, 4) is 0 Å². The molecule has 2 bridgehead atoms. The molecule has 1 N–H and O–H groups in total. The highest BCUT2D eigenvalue weighted by atomic mass is 32.1. The monoisotopic (exact) mass is 265 g/mol. The number of fused-ring (bicyclic) bond motifs is 2. The molecule has 3 heterocycles. The van der Waals surface area contributed by atoms with Crippen LogP contribution in [0.15, 0.2) is 6.20 Å². The van der Waals surface area contributed by atoms with Gasteiger partial charge in [0.05, 0.1) is 5.01 Å². The van der Waals surface area contributed by atoms with Crippen molar-refractivity contribution in [3.05, 3.63) is 16.1 Å². The van der Waals surface area contributed by atoms with Gasteiger partial charge in [0.25, 0.3) is 0 Å². The Bertz CT molecular complexity index is 401. The van der Waals surface area contributed by atoms with Gasteiger partial charge < -0.3 is 5.32 Å². The molecule has 3 rings (SSSR count). The van der Waals surface area contributed by atoms with Crippen molar-refractivity contribution in [1.29, 1.82) is 0 Å². The Morgan fingerprint density at radius 1 is 1.39 bits per heavy atom. The molecule has 0 amide bonds. The number of thiazole rings is 1. The Kier molecular flexibility index (Phi) is 3.68. The van der Waals surface area contributed by atoms with Crippen molar-refractivity contribution in [2.75, 3.05) is 13.1 Å². The summed E-state index contributed by atoms with van der Waals surface area (Å²) in [6.45, 7) is 7.98. The molecule has 2 aliphatic heterocycles. The average molecular weight is 265 g/mol. The van der Waals surface area contributed by atoms with Crippen LogP contribution in [0.4, 0.5) is 0 Å². The number of nitrogens with zero attached hydrogens (tertiary/aromatic N) is 2. The van der Waals surface area contributed by atoms with Crippen LogP contribution < -0.4 is 5.32 Å². The van der Waals surface area contributed by atoms with E-state index in [2.05, 4.69) is 35.2 Å². The van der Waals surface area contributed by atoms with Crippen molar-refractivity contribution in [1.82, 2.24) is 15.2 Å². The largest absolute Gasteiger partial charge is 0.310 e. The van der Waals surface area contributed by atoms with E-state index in [9.17, 15) is 0 Å². The first-order chi connectivity index (χ1) is 8.70. The highest BCUT2D eigenvalue weighted by molar-refractivity contribution is 7.11. The minimum Gasteiger partial charge on any atom is -0.310 e. The number of likely N-dealkylation sites (tertiary alicyclic amines) is 1. The number of hydrogen-bond donors (Lipinski definition) is 1. The molecule has 2 saturated heterocycles. The van der Waals surface area contributed by atoms with Gasteiger partial charge in [-0.1, -0.05) is 13.8 Å². The molecule has 1 aromatic rings. The summed E-state index contributed by atoms with van der Waals surface area (Å²) in [4.78, 5) is 8.56. The minimum atomic E-state index is 0.561. The topological polar surface area (TPSA) is 28.2 Å². The third kappa shape index (κ3) is 2.76. The molecule has 100 valence electrons. The summed E-state index contributed by atoms with van der Waals surface area (Å²) in [6, 6.07) is 1.52. The average Bonchev–Trinajstić information content (AvgIpc) is 2.89. The number of rotatable bonds is 3. The third-order valence-corrected chi connectivity index (χ3v) is 5.33. The van der Waals surface area contributed by atoms with Crippen molar-refractivity contribution < 1.29 is 0 Å². The molecule has 2 aliphatic rings. The van der Waals surface area contributed by atoms with Gasteiger partial charge in [0.15, 0.2) is 0 Å². The van der Waals surface area contributed by atoms with E-state index in [1.807, 2.05) is 11.3 Å². The third-order valence-electron chi connectivity index (χ3n) is 4.05. The fourth-order valence-corrected chi connectivity index (χ4v) is 4.00. The Balaban J connectivity index is 1.61. The molecule has 2 fully saturated rings. The fraction of sp³-hybridized carbons (Fsp3) is 0.786. The van der Waals surface area contributed by atoms with Crippen LogP contribution in [-0.2, 0) is 6.54 Å². The molecule has 1 aromatic heterocycles. The van der Waals surface area contributed by atoms with Gasteiger partial charge in [-0.15, -0.1) is 11.3 Å². The highest BCUT2D eigenvalue weighted by Crippen LogP contribution is 2.25. The van der Waals surface area contributed by atoms with E-state index >= 15 is 0 Å². The van der Waals surface area contributed by atoms with Crippen molar-refractivity contribution in [3.63, 3.8) is 0 Å². The summed E-state index contributed by atoms with van der Waals surface area (Å²) < 4.78 is 0. The van der Waals surface area contributed by atoms with Crippen molar-refractivity contribution >= 4 is 11.3 Å². The van der Waals surface area contributed by atoms with Gasteiger partial charge in [-0.05, 0) is 19.3 Å². The van der Waals surface area contributed by atoms with Gasteiger partial charge in [0.2, 0.25) is 0 Å². The van der Waals surface area contributed by atoms with Crippen LogP contribution >= 0.6 is 11.3 Å². The molecule has 2 atom stereocenters. The van der Waals surface area contributed by atoms with Crippen LogP contribution in [0.3, 0.4) is 0 Å². The molecule has 3 nitrogen and oxygen atoms in total. The number of nitrogens with one attached hydrogen (secondary N) is 1. The molecule has 0 spiro atoms. The van der Waals surface area contributed by atoms with Crippen LogP contribution in [0.25, 0.3) is 0 Å². The van der Waals surface area contributed by atoms with Gasteiger partial charge in [-0.25, -0.2) is 4.98 Å². The molecule has 18 heavy (non-hydrogen) atoms. The van der Waals surface area contributed by atoms with Crippen LogP contribution in [0.5, 0.6) is 0 Å². The Morgan fingerprint density at radius 3 is 3.00 bits per heavy atom. The first-order valence-electron chi connectivity index (χ1n) is 7.13. The molecular weight excluding hydrogens is 242 g/mol. The highest BCUT2D eigenvalue weighted by Gasteiger charge is 2.29. The molecule has 0 aromatic carbocycles. The van der Waals surface area contributed by atoms with Crippen molar-refractivity contribution in [2.24, 2.45) is 0 Å². The number of aromatic nitrogens is 1. The maximum atomic E-state index is 4.53. The normalized spacial score (nSPS) is 28.8. The maximum absolute atomic E-state index is 4.53. The zero-order valence-electron chi connectivity index (χ0n) is 11.4. The summed E-state index contributed by atoms with van der Waals surface area (Å²) in [5.74, 6) is 0.561. The van der Waals surface area contributed by atoms with Crippen molar-refractivity contribution in [2.45, 2.75) is 57.7 Å². The Hall–Kier alpha value is -0.450. The smallest absolute Gasteiger partial charge is 0.0953 e. The Morgan fingerprint density at radius 2 is 2.22 bits per heavy atom. The van der Waals surface area contributed by atoms with Crippen LogP contribution in [-0.4, -0.2) is 35.1 Å². The molecule has 0 aliphatic carbocycles. The predicted molar refractivity (Wildman–Crippen MR) is 76.0 cm³/mol. The lowest BCUT2D eigenvalue weighted by atomic mass is 10.1. The van der Waals surface area contributed by atoms with E-state index in [1.165, 1.54) is 42.2 Å². The zero-order chi connectivity index (χ0) is 12.5. The molecule has 4 heteroatoms. The molecule has 0 unspecified atom stereocenters. The van der Waals surface area contributed by atoms with E-state index in [4.69, 9.17) is 0 Å². The first kappa shape index (κ1) is 12.6. The van der Waals surface area contributed by atoms with Gasteiger partial charge in [-0.3, -0.25) is 4.90 Å². The van der Waals surface area contributed by atoms with Gasteiger partial charge >= 0.3 is 0 Å². The van der Waals surface area contributed by atoms with E-state index < -0.39 is 0 Å². The minimum absolute atomic E-state index is 0.561. The van der Waals surface area contributed by atoms with Crippen LogP contribution in [0.2, 0.25) is 0 Å².